The molecule has 2 N–H and O–H groups in total. The number of aliphatic hydroxyl groups excluding tert-OH is 1. The Hall–Kier alpha value is -3.34. The molecule has 1 fully saturated rings. The SMILES string of the molecule is Cn1nccc1-c1cc(N2CCCC(O)C2)c2c(n1)c(-c1ccn[nH]1)nn2CC(F)F. The maximum Gasteiger partial charge on any atom is 0.257 e. The number of pyridine rings is 1. The molecular weight excluding hydrogens is 406 g/mol. The molecule has 0 aromatic carbocycles. The quantitative estimate of drug-likeness (QED) is 0.507. The van der Waals surface area contributed by atoms with Crippen LogP contribution in [0.1, 0.15) is 12.8 Å². The molecule has 162 valence electrons. The van der Waals surface area contributed by atoms with Gasteiger partial charge in [0, 0.05) is 32.5 Å². The van der Waals surface area contributed by atoms with Gasteiger partial charge in [0.15, 0.2) is 0 Å². The first kappa shape index (κ1) is 19.6. The molecule has 5 heterocycles. The van der Waals surface area contributed by atoms with E-state index in [-0.39, 0.29) is 0 Å². The first-order valence-electron chi connectivity index (χ1n) is 10.1. The van der Waals surface area contributed by atoms with E-state index in [1.54, 1.807) is 23.1 Å². The van der Waals surface area contributed by atoms with Crippen LogP contribution in [-0.2, 0) is 13.6 Å². The maximum absolute atomic E-state index is 13.4. The second-order valence-electron chi connectivity index (χ2n) is 7.70. The van der Waals surface area contributed by atoms with Gasteiger partial charge in [-0.1, -0.05) is 0 Å². The van der Waals surface area contributed by atoms with Crippen molar-refractivity contribution in [3.63, 3.8) is 0 Å². The fraction of sp³-hybridized carbons (Fsp3) is 0.400. The van der Waals surface area contributed by atoms with E-state index in [0.717, 1.165) is 24.2 Å². The molecule has 0 amide bonds. The van der Waals surface area contributed by atoms with E-state index in [2.05, 4.69) is 20.4 Å². The third-order valence-electron chi connectivity index (χ3n) is 5.56. The molecule has 9 nitrogen and oxygen atoms in total. The van der Waals surface area contributed by atoms with Crippen LogP contribution in [0.25, 0.3) is 33.8 Å². The predicted octanol–water partition coefficient (Wildman–Crippen LogP) is 2.45. The van der Waals surface area contributed by atoms with E-state index in [9.17, 15) is 13.9 Å². The highest BCUT2D eigenvalue weighted by atomic mass is 19.3. The zero-order valence-corrected chi connectivity index (χ0v) is 16.9. The van der Waals surface area contributed by atoms with E-state index >= 15 is 0 Å². The monoisotopic (exact) mass is 428 g/mol. The van der Waals surface area contributed by atoms with Gasteiger partial charge in [-0.3, -0.25) is 14.5 Å². The first-order valence-corrected chi connectivity index (χ1v) is 10.1. The summed E-state index contributed by atoms with van der Waals surface area (Å²) in [5, 5.41) is 25.8. The van der Waals surface area contributed by atoms with Gasteiger partial charge in [0.1, 0.15) is 23.3 Å². The number of nitrogens with zero attached hydrogens (tertiary/aromatic N) is 7. The van der Waals surface area contributed by atoms with Crippen LogP contribution in [0, 0.1) is 0 Å². The number of β-amino-alcohol motifs (C(OH)–C–C–N with tert-alkyl or cyclic N) is 1. The average molecular weight is 428 g/mol. The molecule has 1 atom stereocenters. The first-order chi connectivity index (χ1) is 15.0. The van der Waals surface area contributed by atoms with Crippen molar-refractivity contribution in [2.75, 3.05) is 18.0 Å². The van der Waals surface area contributed by atoms with E-state index in [0.29, 0.717) is 41.2 Å². The summed E-state index contributed by atoms with van der Waals surface area (Å²) in [6, 6.07) is 5.46. The lowest BCUT2D eigenvalue weighted by Crippen LogP contribution is -2.38. The Morgan fingerprint density at radius 2 is 2.16 bits per heavy atom. The highest BCUT2D eigenvalue weighted by molar-refractivity contribution is 5.98. The number of anilines is 1. The lowest BCUT2D eigenvalue weighted by molar-refractivity contribution is 0.123. The van der Waals surface area contributed by atoms with E-state index < -0.39 is 19.1 Å². The summed E-state index contributed by atoms with van der Waals surface area (Å²) in [6.07, 6.45) is 1.74. The minimum absolute atomic E-state index is 0.420. The number of aryl methyl sites for hydroxylation is 1. The van der Waals surface area contributed by atoms with Crippen molar-refractivity contribution in [2.24, 2.45) is 7.05 Å². The number of alkyl halides is 2. The number of aromatic amines is 1. The Balaban J connectivity index is 1.80. The molecular formula is C20H22F2N8O. The zero-order valence-electron chi connectivity index (χ0n) is 16.9. The van der Waals surface area contributed by atoms with Crippen LogP contribution in [0.5, 0.6) is 0 Å². The van der Waals surface area contributed by atoms with E-state index in [1.807, 2.05) is 24.1 Å². The Bertz CT molecular complexity index is 1200. The summed E-state index contributed by atoms with van der Waals surface area (Å²) in [5.74, 6) is 0. The lowest BCUT2D eigenvalue weighted by atomic mass is 10.1. The minimum Gasteiger partial charge on any atom is -0.391 e. The van der Waals surface area contributed by atoms with Crippen LogP contribution in [0.2, 0.25) is 0 Å². The minimum atomic E-state index is -2.57. The molecule has 1 saturated heterocycles. The molecule has 1 unspecified atom stereocenters. The summed E-state index contributed by atoms with van der Waals surface area (Å²) in [6.45, 7) is 0.574. The van der Waals surface area contributed by atoms with Crippen LogP contribution in [0.15, 0.2) is 30.6 Å². The summed E-state index contributed by atoms with van der Waals surface area (Å²) < 4.78 is 29.9. The number of aliphatic hydroxyl groups is 1. The number of nitrogens with one attached hydrogen (secondary N) is 1. The molecule has 0 spiro atoms. The molecule has 5 rings (SSSR count). The maximum atomic E-state index is 13.4. The molecule has 1 aliphatic rings. The standard InChI is InChI=1S/C20H22F2N8O/c1-28-15(5-7-24-28)14-9-16(29-8-2-3-12(31)10-29)20-19(25-14)18(13-4-6-23-26-13)27-30(20)11-17(21)22/h4-7,9,12,17,31H,2-3,8,10-11H2,1H3,(H,23,26). The number of hydrogen-bond acceptors (Lipinski definition) is 6. The number of halogens is 2. The Morgan fingerprint density at radius 3 is 2.84 bits per heavy atom. The highest BCUT2D eigenvalue weighted by Crippen LogP contribution is 2.36. The van der Waals surface area contributed by atoms with E-state index in [4.69, 9.17) is 4.98 Å². The molecule has 0 saturated carbocycles. The average Bonchev–Trinajstić information content (AvgIpc) is 3.47. The molecule has 0 radical (unpaired) electrons. The summed E-state index contributed by atoms with van der Waals surface area (Å²) in [7, 11) is 1.82. The third kappa shape index (κ3) is 3.54. The van der Waals surface area contributed by atoms with Gasteiger partial charge < -0.3 is 10.0 Å². The summed E-state index contributed by atoms with van der Waals surface area (Å²) >= 11 is 0. The van der Waals surface area contributed by atoms with Crippen molar-refractivity contribution in [1.82, 2.24) is 34.7 Å². The molecule has 1 aliphatic heterocycles. The number of H-pyrrole nitrogens is 1. The number of aromatic nitrogens is 7. The number of piperidine rings is 1. The largest absolute Gasteiger partial charge is 0.391 e. The molecule has 11 heteroatoms. The molecule has 0 bridgehead atoms. The summed E-state index contributed by atoms with van der Waals surface area (Å²) in [5.41, 5.74) is 4.23. The second-order valence-corrected chi connectivity index (χ2v) is 7.70. The lowest BCUT2D eigenvalue weighted by Gasteiger charge is -2.32. The topological polar surface area (TPSA) is 101 Å². The van der Waals surface area contributed by atoms with Gasteiger partial charge in [0.25, 0.3) is 6.43 Å². The second kappa shape index (κ2) is 7.73. The van der Waals surface area contributed by atoms with Crippen LogP contribution >= 0.6 is 0 Å². The number of fused-ring (bicyclic) bond motifs is 1. The molecule has 0 aliphatic carbocycles. The Labute approximate surface area is 176 Å². The zero-order chi connectivity index (χ0) is 21.5. The van der Waals surface area contributed by atoms with Crippen LogP contribution in [-0.4, -0.2) is 65.5 Å². The van der Waals surface area contributed by atoms with Gasteiger partial charge in [-0.25, -0.2) is 13.8 Å². The van der Waals surface area contributed by atoms with Gasteiger partial charge in [0.05, 0.1) is 28.9 Å². The van der Waals surface area contributed by atoms with Crippen molar-refractivity contribution in [3.8, 4) is 22.8 Å². The van der Waals surface area contributed by atoms with Crippen molar-refractivity contribution in [1.29, 1.82) is 0 Å². The number of hydrogen-bond donors (Lipinski definition) is 2. The third-order valence-corrected chi connectivity index (χ3v) is 5.56. The van der Waals surface area contributed by atoms with Gasteiger partial charge in [-0.05, 0) is 31.0 Å². The van der Waals surface area contributed by atoms with Crippen molar-refractivity contribution >= 4 is 16.7 Å². The van der Waals surface area contributed by atoms with Gasteiger partial charge in [-0.2, -0.15) is 15.3 Å². The normalized spacial score (nSPS) is 17.2. The summed E-state index contributed by atoms with van der Waals surface area (Å²) in [4.78, 5) is 6.84. The van der Waals surface area contributed by atoms with Crippen molar-refractivity contribution in [3.05, 3.63) is 30.6 Å². The fourth-order valence-electron chi connectivity index (χ4n) is 4.17. The molecule has 4 aromatic rings. The predicted molar refractivity (Wildman–Crippen MR) is 111 cm³/mol. The van der Waals surface area contributed by atoms with Crippen molar-refractivity contribution < 1.29 is 13.9 Å². The Morgan fingerprint density at radius 1 is 1.29 bits per heavy atom. The van der Waals surface area contributed by atoms with Crippen LogP contribution in [0.3, 0.4) is 0 Å². The molecule has 4 aromatic heterocycles. The smallest absolute Gasteiger partial charge is 0.257 e. The molecule has 31 heavy (non-hydrogen) atoms. The van der Waals surface area contributed by atoms with Crippen LogP contribution in [0.4, 0.5) is 14.5 Å². The number of rotatable bonds is 5. The fourth-order valence-corrected chi connectivity index (χ4v) is 4.17. The van der Waals surface area contributed by atoms with Gasteiger partial charge >= 0.3 is 0 Å². The van der Waals surface area contributed by atoms with Gasteiger partial charge in [-0.15, -0.1) is 0 Å². The van der Waals surface area contributed by atoms with Crippen molar-refractivity contribution in [2.45, 2.75) is 31.9 Å². The van der Waals surface area contributed by atoms with E-state index in [1.165, 1.54) is 4.68 Å². The Kier molecular flexibility index (Phi) is 4.89. The highest BCUT2D eigenvalue weighted by Gasteiger charge is 2.27. The van der Waals surface area contributed by atoms with Crippen LogP contribution < -0.4 is 4.90 Å². The van der Waals surface area contributed by atoms with Gasteiger partial charge in [0.2, 0.25) is 0 Å².